The molecule has 0 amide bonds. The van der Waals surface area contributed by atoms with Crippen molar-refractivity contribution in [2.24, 2.45) is 4.99 Å². The predicted octanol–water partition coefficient (Wildman–Crippen LogP) is 3.93. The second-order valence-corrected chi connectivity index (χ2v) is 5.98. The van der Waals surface area contributed by atoms with Crippen LogP contribution in [0.25, 0.3) is 0 Å². The van der Waals surface area contributed by atoms with Gasteiger partial charge in [0.05, 0.1) is 6.54 Å². The fourth-order valence-corrected chi connectivity index (χ4v) is 2.82. The smallest absolute Gasteiger partial charge is 0.191 e. The Morgan fingerprint density at radius 3 is 2.57 bits per heavy atom. The first kappa shape index (κ1) is 19.8. The van der Waals surface area contributed by atoms with Crippen molar-refractivity contribution in [1.29, 1.82) is 0 Å². The summed E-state index contributed by atoms with van der Waals surface area (Å²) in [6.07, 6.45) is 0. The third kappa shape index (κ3) is 6.78. The Bertz CT molecular complexity index is 584. The van der Waals surface area contributed by atoms with Gasteiger partial charge in [-0.1, -0.05) is 19.1 Å². The van der Waals surface area contributed by atoms with Crippen LogP contribution in [0.15, 0.2) is 46.1 Å². The number of aromatic hydroxyl groups is 1. The lowest BCUT2D eigenvalue weighted by atomic mass is 10.1. The van der Waals surface area contributed by atoms with E-state index in [-0.39, 0.29) is 29.7 Å². The Labute approximate surface area is 159 Å². The number of benzene rings is 1. The lowest BCUT2D eigenvalue weighted by Crippen LogP contribution is -2.39. The van der Waals surface area contributed by atoms with Crippen molar-refractivity contribution >= 4 is 41.3 Å². The molecule has 1 heterocycles. The van der Waals surface area contributed by atoms with Crippen LogP contribution in [0.1, 0.15) is 30.9 Å². The Hall–Kier alpha value is -1.28. The quantitative estimate of drug-likeness (QED) is 0.359. The second kappa shape index (κ2) is 10.5. The van der Waals surface area contributed by atoms with E-state index in [0.29, 0.717) is 12.5 Å². The largest absolute Gasteiger partial charge is 0.508 e. The van der Waals surface area contributed by atoms with Crippen LogP contribution in [0.2, 0.25) is 0 Å². The van der Waals surface area contributed by atoms with Gasteiger partial charge < -0.3 is 15.7 Å². The molecule has 1 aromatic carbocycles. The maximum absolute atomic E-state index is 9.29. The lowest BCUT2D eigenvalue weighted by molar-refractivity contribution is 0.475. The van der Waals surface area contributed by atoms with Gasteiger partial charge in [0, 0.05) is 13.1 Å². The third-order valence-electron chi connectivity index (χ3n) is 3.39. The van der Waals surface area contributed by atoms with Crippen molar-refractivity contribution in [2.75, 3.05) is 13.1 Å². The van der Waals surface area contributed by atoms with Crippen LogP contribution in [0, 0.1) is 0 Å². The van der Waals surface area contributed by atoms with Crippen molar-refractivity contribution in [3.63, 3.8) is 0 Å². The molecule has 2 aromatic rings. The van der Waals surface area contributed by atoms with E-state index < -0.39 is 0 Å². The Morgan fingerprint density at radius 2 is 1.96 bits per heavy atom. The van der Waals surface area contributed by atoms with E-state index in [1.807, 2.05) is 12.1 Å². The molecule has 126 valence electrons. The van der Waals surface area contributed by atoms with Crippen LogP contribution >= 0.6 is 35.3 Å². The summed E-state index contributed by atoms with van der Waals surface area (Å²) < 4.78 is 0. The summed E-state index contributed by atoms with van der Waals surface area (Å²) >= 11 is 1.73. The second-order valence-electron chi connectivity index (χ2n) is 5.20. The average Bonchev–Trinajstić information content (AvgIpc) is 3.06. The Balaban J connectivity index is 0.00000264. The van der Waals surface area contributed by atoms with Crippen LogP contribution in [-0.4, -0.2) is 24.2 Å². The molecule has 2 rings (SSSR count). The fraction of sp³-hybridized carbons (Fsp3) is 0.353. The zero-order valence-corrected chi connectivity index (χ0v) is 16.6. The van der Waals surface area contributed by atoms with Gasteiger partial charge in [0.1, 0.15) is 5.75 Å². The number of aliphatic imine (C=N–C) groups is 1. The minimum Gasteiger partial charge on any atom is -0.508 e. The molecule has 1 atom stereocenters. The first-order valence-electron chi connectivity index (χ1n) is 7.51. The topological polar surface area (TPSA) is 56.7 Å². The van der Waals surface area contributed by atoms with E-state index in [0.717, 1.165) is 24.6 Å². The molecule has 0 spiro atoms. The first-order valence-corrected chi connectivity index (χ1v) is 8.45. The highest BCUT2D eigenvalue weighted by Crippen LogP contribution is 2.17. The average molecular weight is 445 g/mol. The van der Waals surface area contributed by atoms with Gasteiger partial charge in [0.15, 0.2) is 5.96 Å². The lowest BCUT2D eigenvalue weighted by Gasteiger charge is -2.15. The summed E-state index contributed by atoms with van der Waals surface area (Å²) in [5.74, 6) is 1.55. The molecule has 1 unspecified atom stereocenters. The Morgan fingerprint density at radius 1 is 1.22 bits per heavy atom. The van der Waals surface area contributed by atoms with Gasteiger partial charge in [-0.3, -0.25) is 0 Å². The minimum atomic E-state index is 0. The molecule has 23 heavy (non-hydrogen) atoms. The molecule has 0 aliphatic heterocycles. The molecule has 0 saturated heterocycles. The van der Waals surface area contributed by atoms with Crippen LogP contribution in [0.5, 0.6) is 5.75 Å². The Kier molecular flexibility index (Phi) is 9.01. The molecule has 3 N–H and O–H groups in total. The monoisotopic (exact) mass is 445 g/mol. The number of halogens is 1. The SMILES string of the molecule is CCNC(=NCc1ccc(O)cc1)NCC(C)c1ccsc1.I. The van der Waals surface area contributed by atoms with Crippen molar-refractivity contribution in [1.82, 2.24) is 10.6 Å². The van der Waals surface area contributed by atoms with Gasteiger partial charge in [-0.2, -0.15) is 11.3 Å². The van der Waals surface area contributed by atoms with Crippen molar-refractivity contribution in [3.8, 4) is 5.75 Å². The van der Waals surface area contributed by atoms with Crippen molar-refractivity contribution < 1.29 is 5.11 Å². The number of nitrogens with one attached hydrogen (secondary N) is 2. The molecule has 0 saturated carbocycles. The van der Waals surface area contributed by atoms with Crippen LogP contribution in [0.3, 0.4) is 0 Å². The molecule has 1 aromatic heterocycles. The summed E-state index contributed by atoms with van der Waals surface area (Å²) in [6.45, 7) is 6.52. The molecule has 0 fully saturated rings. The van der Waals surface area contributed by atoms with Crippen molar-refractivity contribution in [2.45, 2.75) is 26.3 Å². The van der Waals surface area contributed by atoms with Gasteiger partial charge in [0.2, 0.25) is 0 Å². The summed E-state index contributed by atoms with van der Waals surface area (Å²) in [5, 5.41) is 20.2. The zero-order valence-electron chi connectivity index (χ0n) is 13.5. The summed E-state index contributed by atoms with van der Waals surface area (Å²) in [4.78, 5) is 4.58. The van der Waals surface area contributed by atoms with Crippen LogP contribution < -0.4 is 10.6 Å². The van der Waals surface area contributed by atoms with Crippen LogP contribution in [0.4, 0.5) is 0 Å². The first-order chi connectivity index (χ1) is 10.7. The van der Waals surface area contributed by atoms with E-state index in [9.17, 15) is 5.11 Å². The molecule has 4 nitrogen and oxygen atoms in total. The number of rotatable bonds is 6. The molecule has 6 heteroatoms. The standard InChI is InChI=1S/C17H23N3OS.HI/c1-3-18-17(19-10-13(2)15-8-9-22-12-15)20-11-14-4-6-16(21)7-5-14;/h4-9,12-13,21H,3,10-11H2,1-2H3,(H2,18,19,20);1H. The molecule has 0 aliphatic carbocycles. The predicted molar refractivity (Wildman–Crippen MR) is 109 cm³/mol. The van der Waals surface area contributed by atoms with Crippen molar-refractivity contribution in [3.05, 3.63) is 52.2 Å². The molecule has 0 radical (unpaired) electrons. The number of nitrogens with zero attached hydrogens (tertiary/aromatic N) is 1. The van der Waals surface area contributed by atoms with Gasteiger partial charge in [-0.05, 0) is 52.9 Å². The minimum absolute atomic E-state index is 0. The maximum Gasteiger partial charge on any atom is 0.191 e. The fourth-order valence-electron chi connectivity index (χ4n) is 2.04. The zero-order chi connectivity index (χ0) is 15.8. The van der Waals surface area contributed by atoms with E-state index in [2.05, 4.69) is 46.3 Å². The molecular weight excluding hydrogens is 421 g/mol. The number of hydrogen-bond donors (Lipinski definition) is 3. The summed E-state index contributed by atoms with van der Waals surface area (Å²) in [5.41, 5.74) is 2.42. The number of thiophene rings is 1. The number of phenols is 1. The number of hydrogen-bond acceptors (Lipinski definition) is 3. The number of guanidine groups is 1. The van der Waals surface area contributed by atoms with E-state index >= 15 is 0 Å². The van der Waals surface area contributed by atoms with Gasteiger partial charge in [-0.25, -0.2) is 4.99 Å². The third-order valence-corrected chi connectivity index (χ3v) is 4.09. The highest BCUT2D eigenvalue weighted by molar-refractivity contribution is 14.0. The maximum atomic E-state index is 9.29. The van der Waals surface area contributed by atoms with Gasteiger partial charge in [0.25, 0.3) is 0 Å². The van der Waals surface area contributed by atoms with Gasteiger partial charge in [-0.15, -0.1) is 24.0 Å². The summed E-state index contributed by atoms with van der Waals surface area (Å²) in [6, 6.07) is 9.30. The van der Waals surface area contributed by atoms with Crippen LogP contribution in [-0.2, 0) is 6.54 Å². The highest BCUT2D eigenvalue weighted by atomic mass is 127. The summed E-state index contributed by atoms with van der Waals surface area (Å²) in [7, 11) is 0. The normalized spacial score (nSPS) is 12.3. The molecule has 0 aliphatic rings. The van der Waals surface area contributed by atoms with E-state index in [4.69, 9.17) is 0 Å². The van der Waals surface area contributed by atoms with Gasteiger partial charge >= 0.3 is 0 Å². The van der Waals surface area contributed by atoms with E-state index in [1.165, 1.54) is 5.56 Å². The molecular formula is C17H24IN3OS. The molecule has 0 bridgehead atoms. The number of phenolic OH excluding ortho intramolecular Hbond substituents is 1. The highest BCUT2D eigenvalue weighted by Gasteiger charge is 2.06. The van der Waals surface area contributed by atoms with E-state index in [1.54, 1.807) is 23.5 Å².